The van der Waals surface area contributed by atoms with Crippen molar-refractivity contribution in [1.82, 2.24) is 4.98 Å². The van der Waals surface area contributed by atoms with E-state index in [0.717, 1.165) is 0 Å². The Balaban J connectivity index is 2.46. The second kappa shape index (κ2) is 2.62. The molecule has 14 heavy (non-hydrogen) atoms. The Labute approximate surface area is 78.4 Å². The number of aromatic hydroxyl groups is 1. The van der Waals surface area contributed by atoms with Gasteiger partial charge in [0.25, 0.3) is 0 Å². The van der Waals surface area contributed by atoms with Crippen molar-refractivity contribution >= 4 is 0 Å². The van der Waals surface area contributed by atoms with Crippen molar-refractivity contribution in [2.45, 2.75) is 24.4 Å². The van der Waals surface area contributed by atoms with Gasteiger partial charge < -0.3 is 5.11 Å². The standard InChI is InChI=1S/C9H8F3NO/c10-9(11,12)8(3-4-8)7-6(14)2-1-5-13-7/h1-2,5,14H,3-4H2. The van der Waals surface area contributed by atoms with Gasteiger partial charge in [0.15, 0.2) is 0 Å². The van der Waals surface area contributed by atoms with Crippen LogP contribution < -0.4 is 0 Å². The number of aromatic nitrogens is 1. The van der Waals surface area contributed by atoms with E-state index < -0.39 is 11.6 Å². The third-order valence-electron chi connectivity index (χ3n) is 2.53. The SMILES string of the molecule is Oc1cccnc1C1(C(F)(F)F)CC1. The summed E-state index contributed by atoms with van der Waals surface area (Å²) >= 11 is 0. The summed E-state index contributed by atoms with van der Waals surface area (Å²) in [6, 6.07) is 2.64. The molecule has 0 unspecified atom stereocenters. The van der Waals surface area contributed by atoms with E-state index >= 15 is 0 Å². The van der Waals surface area contributed by atoms with Gasteiger partial charge in [0.2, 0.25) is 0 Å². The van der Waals surface area contributed by atoms with Crippen LogP contribution in [0.3, 0.4) is 0 Å². The van der Waals surface area contributed by atoms with Gasteiger partial charge in [-0.2, -0.15) is 13.2 Å². The first-order chi connectivity index (χ1) is 6.47. The second-order valence-electron chi connectivity index (χ2n) is 3.45. The highest BCUT2D eigenvalue weighted by molar-refractivity contribution is 5.38. The lowest BCUT2D eigenvalue weighted by atomic mass is 10.0. The van der Waals surface area contributed by atoms with Gasteiger partial charge >= 0.3 is 6.18 Å². The smallest absolute Gasteiger partial charge is 0.400 e. The molecule has 1 aliphatic rings. The van der Waals surface area contributed by atoms with Crippen LogP contribution in [0.25, 0.3) is 0 Å². The van der Waals surface area contributed by atoms with Gasteiger partial charge in [-0.25, -0.2) is 0 Å². The minimum absolute atomic E-state index is 0.0150. The van der Waals surface area contributed by atoms with Crippen molar-refractivity contribution in [3.05, 3.63) is 24.0 Å². The Morgan fingerprint density at radius 3 is 2.43 bits per heavy atom. The van der Waals surface area contributed by atoms with Gasteiger partial charge in [-0.15, -0.1) is 0 Å². The lowest BCUT2D eigenvalue weighted by molar-refractivity contribution is -0.161. The minimum Gasteiger partial charge on any atom is -0.506 e. The largest absolute Gasteiger partial charge is 0.506 e. The molecule has 0 aromatic carbocycles. The van der Waals surface area contributed by atoms with Crippen LogP contribution in [0.15, 0.2) is 18.3 Å². The summed E-state index contributed by atoms with van der Waals surface area (Å²) in [4.78, 5) is 3.61. The normalized spacial score (nSPS) is 19.4. The number of halogens is 3. The number of hydrogen-bond donors (Lipinski definition) is 1. The fourth-order valence-corrected chi connectivity index (χ4v) is 1.55. The van der Waals surface area contributed by atoms with Gasteiger partial charge in [-0.05, 0) is 25.0 Å². The summed E-state index contributed by atoms with van der Waals surface area (Å²) in [5.41, 5.74) is -2.13. The fraction of sp³-hybridized carbons (Fsp3) is 0.444. The van der Waals surface area contributed by atoms with E-state index in [1.165, 1.54) is 18.3 Å². The summed E-state index contributed by atoms with van der Waals surface area (Å²) in [6.07, 6.45) is -3.03. The third kappa shape index (κ3) is 1.15. The van der Waals surface area contributed by atoms with Gasteiger partial charge in [0.05, 0.1) is 5.69 Å². The molecule has 1 N–H and O–H groups in total. The monoisotopic (exact) mass is 203 g/mol. The fourth-order valence-electron chi connectivity index (χ4n) is 1.55. The van der Waals surface area contributed by atoms with Crippen molar-refractivity contribution in [1.29, 1.82) is 0 Å². The lowest BCUT2D eigenvalue weighted by Gasteiger charge is -2.18. The Morgan fingerprint density at radius 1 is 1.36 bits per heavy atom. The molecule has 0 bridgehead atoms. The van der Waals surface area contributed by atoms with Gasteiger partial charge in [0.1, 0.15) is 11.2 Å². The number of nitrogens with zero attached hydrogens (tertiary/aromatic N) is 1. The zero-order valence-electron chi connectivity index (χ0n) is 7.17. The highest BCUT2D eigenvalue weighted by Gasteiger charge is 2.66. The van der Waals surface area contributed by atoms with Crippen LogP contribution in [0.1, 0.15) is 18.5 Å². The van der Waals surface area contributed by atoms with Crippen LogP contribution in [-0.2, 0) is 5.41 Å². The number of pyridine rings is 1. The quantitative estimate of drug-likeness (QED) is 0.760. The highest BCUT2D eigenvalue weighted by atomic mass is 19.4. The molecule has 1 fully saturated rings. The van der Waals surface area contributed by atoms with Gasteiger partial charge in [-0.1, -0.05) is 0 Å². The number of alkyl halides is 3. The van der Waals surface area contributed by atoms with Crippen molar-refractivity contribution < 1.29 is 18.3 Å². The molecule has 0 amide bonds. The van der Waals surface area contributed by atoms with Crippen molar-refractivity contribution in [3.8, 4) is 5.75 Å². The molecule has 0 atom stereocenters. The van der Waals surface area contributed by atoms with Crippen LogP contribution in [0.4, 0.5) is 13.2 Å². The van der Waals surface area contributed by atoms with E-state index in [4.69, 9.17) is 0 Å². The maximum absolute atomic E-state index is 12.6. The highest BCUT2D eigenvalue weighted by Crippen LogP contribution is 2.59. The van der Waals surface area contributed by atoms with Crippen LogP contribution in [0.2, 0.25) is 0 Å². The molecule has 1 heterocycles. The molecule has 1 aromatic heterocycles. The summed E-state index contributed by atoms with van der Waals surface area (Å²) < 4.78 is 37.8. The zero-order chi connectivity index (χ0) is 10.4. The molecule has 1 saturated carbocycles. The second-order valence-corrected chi connectivity index (χ2v) is 3.45. The van der Waals surface area contributed by atoms with Crippen molar-refractivity contribution in [3.63, 3.8) is 0 Å². The molecule has 0 spiro atoms. The number of hydrogen-bond acceptors (Lipinski definition) is 2. The first kappa shape index (κ1) is 9.30. The predicted octanol–water partition coefficient (Wildman–Crippen LogP) is 2.38. The Morgan fingerprint density at radius 2 is 2.00 bits per heavy atom. The summed E-state index contributed by atoms with van der Waals surface area (Å²) in [7, 11) is 0. The van der Waals surface area contributed by atoms with E-state index in [2.05, 4.69) is 4.98 Å². The first-order valence-electron chi connectivity index (χ1n) is 4.18. The summed E-state index contributed by atoms with van der Waals surface area (Å²) in [6.45, 7) is 0. The molecular weight excluding hydrogens is 195 g/mol. The third-order valence-corrected chi connectivity index (χ3v) is 2.53. The Bertz CT molecular complexity index is 357. The van der Waals surface area contributed by atoms with Crippen LogP contribution >= 0.6 is 0 Å². The molecule has 0 saturated heterocycles. The van der Waals surface area contributed by atoms with Gasteiger partial charge in [0, 0.05) is 6.20 Å². The topological polar surface area (TPSA) is 33.1 Å². The molecule has 2 rings (SSSR count). The van der Waals surface area contributed by atoms with E-state index in [1.807, 2.05) is 0 Å². The van der Waals surface area contributed by atoms with Crippen molar-refractivity contribution in [2.24, 2.45) is 0 Å². The maximum atomic E-state index is 12.6. The van der Waals surface area contributed by atoms with Crippen LogP contribution in [-0.4, -0.2) is 16.3 Å². The average molecular weight is 203 g/mol. The molecule has 76 valence electrons. The summed E-state index contributed by atoms with van der Waals surface area (Å²) in [5, 5.41) is 9.29. The molecule has 1 aliphatic carbocycles. The molecule has 2 nitrogen and oxygen atoms in total. The van der Waals surface area contributed by atoms with E-state index in [-0.39, 0.29) is 24.3 Å². The number of rotatable bonds is 1. The first-order valence-corrected chi connectivity index (χ1v) is 4.18. The maximum Gasteiger partial charge on any atom is 0.400 e. The van der Waals surface area contributed by atoms with E-state index in [1.54, 1.807) is 0 Å². The van der Waals surface area contributed by atoms with Crippen molar-refractivity contribution in [2.75, 3.05) is 0 Å². The predicted molar refractivity (Wildman–Crippen MR) is 42.9 cm³/mol. The molecular formula is C9H8F3NO. The molecule has 0 radical (unpaired) electrons. The average Bonchev–Trinajstić information content (AvgIpc) is 2.84. The lowest BCUT2D eigenvalue weighted by Crippen LogP contribution is -2.29. The molecule has 5 heteroatoms. The van der Waals surface area contributed by atoms with Crippen LogP contribution in [0, 0.1) is 0 Å². The zero-order valence-corrected chi connectivity index (χ0v) is 7.17. The summed E-state index contributed by atoms with van der Waals surface area (Å²) in [5.74, 6) is -0.373. The Kier molecular flexibility index (Phi) is 1.74. The van der Waals surface area contributed by atoms with E-state index in [0.29, 0.717) is 0 Å². The molecule has 1 aromatic rings. The molecule has 0 aliphatic heterocycles. The van der Waals surface area contributed by atoms with Crippen LogP contribution in [0.5, 0.6) is 5.75 Å². The Hall–Kier alpha value is -1.26. The van der Waals surface area contributed by atoms with Gasteiger partial charge in [-0.3, -0.25) is 4.98 Å². The minimum atomic E-state index is -4.32. The van der Waals surface area contributed by atoms with E-state index in [9.17, 15) is 18.3 Å².